The van der Waals surface area contributed by atoms with Crippen molar-refractivity contribution in [1.82, 2.24) is 9.62 Å². The van der Waals surface area contributed by atoms with Crippen LogP contribution in [-0.4, -0.2) is 45.0 Å². The normalized spacial score (nSPS) is 14.9. The van der Waals surface area contributed by atoms with Gasteiger partial charge in [-0.1, -0.05) is 12.0 Å². The predicted octanol–water partition coefficient (Wildman–Crippen LogP) is 2.56. The second-order valence-electron chi connectivity index (χ2n) is 6.74. The van der Waals surface area contributed by atoms with Gasteiger partial charge < -0.3 is 9.64 Å². The van der Waals surface area contributed by atoms with Crippen molar-refractivity contribution in [3.05, 3.63) is 59.7 Å². The number of ether oxygens (including phenoxy) is 1. The lowest BCUT2D eigenvalue weighted by Crippen LogP contribution is -2.42. The Bertz CT molecular complexity index is 1070. The summed E-state index contributed by atoms with van der Waals surface area (Å²) >= 11 is 0. The maximum Gasteiger partial charge on any atom is 0.253 e. The molecule has 1 N–H and O–H groups in total. The fourth-order valence-corrected chi connectivity index (χ4v) is 4.11. The van der Waals surface area contributed by atoms with Crippen LogP contribution in [-0.2, 0) is 10.0 Å². The highest BCUT2D eigenvalue weighted by molar-refractivity contribution is 7.89. The average Bonchev–Trinajstić information content (AvgIpc) is 2.74. The summed E-state index contributed by atoms with van der Waals surface area (Å²) in [6, 6.07) is 8.83. The minimum atomic E-state index is -3.81. The molecule has 2 aromatic rings. The van der Waals surface area contributed by atoms with Crippen LogP contribution in [0.1, 0.15) is 23.2 Å². The number of halogens is 2. The zero-order valence-electron chi connectivity index (χ0n) is 16.0. The van der Waals surface area contributed by atoms with Crippen LogP contribution in [0, 0.1) is 24.0 Å². The van der Waals surface area contributed by atoms with Gasteiger partial charge in [-0.15, -0.1) is 6.42 Å². The van der Waals surface area contributed by atoms with Gasteiger partial charge >= 0.3 is 0 Å². The smallest absolute Gasteiger partial charge is 0.253 e. The van der Waals surface area contributed by atoms with Crippen molar-refractivity contribution in [2.75, 3.05) is 19.6 Å². The van der Waals surface area contributed by atoms with Gasteiger partial charge in [0.1, 0.15) is 11.9 Å². The van der Waals surface area contributed by atoms with E-state index in [1.807, 2.05) is 0 Å². The number of rotatable bonds is 6. The topological polar surface area (TPSA) is 75.7 Å². The standard InChI is InChI=1S/C21H20F2N2O4S/c1-2-10-24-30(27,28)18-5-3-4-15(13-18)21(26)25-11-8-17(9-12-25)29-20-7-6-16(22)14-19(20)23/h1,3-7,13-14,17,24H,8-12H2. The average molecular weight is 434 g/mol. The third-order valence-electron chi connectivity index (χ3n) is 4.67. The largest absolute Gasteiger partial charge is 0.487 e. The van der Waals surface area contributed by atoms with Gasteiger partial charge in [0.05, 0.1) is 11.4 Å². The van der Waals surface area contributed by atoms with Gasteiger partial charge in [-0.2, -0.15) is 4.72 Å². The van der Waals surface area contributed by atoms with Crippen LogP contribution in [0.25, 0.3) is 0 Å². The molecule has 1 heterocycles. The summed E-state index contributed by atoms with van der Waals surface area (Å²) in [6.07, 6.45) is 5.69. The highest BCUT2D eigenvalue weighted by Crippen LogP contribution is 2.24. The molecule has 0 aromatic heterocycles. The first-order valence-corrected chi connectivity index (χ1v) is 10.7. The molecule has 0 bridgehead atoms. The van der Waals surface area contributed by atoms with Crippen molar-refractivity contribution in [3.8, 4) is 18.1 Å². The maximum absolute atomic E-state index is 13.7. The van der Waals surface area contributed by atoms with E-state index in [9.17, 15) is 22.0 Å². The van der Waals surface area contributed by atoms with Crippen molar-refractivity contribution in [1.29, 1.82) is 0 Å². The van der Waals surface area contributed by atoms with E-state index in [0.717, 1.165) is 12.1 Å². The molecule has 2 aromatic carbocycles. The monoisotopic (exact) mass is 434 g/mol. The van der Waals surface area contributed by atoms with Crippen molar-refractivity contribution in [2.45, 2.75) is 23.8 Å². The van der Waals surface area contributed by atoms with E-state index >= 15 is 0 Å². The summed E-state index contributed by atoms with van der Waals surface area (Å²) in [5.41, 5.74) is 0.238. The van der Waals surface area contributed by atoms with Gasteiger partial charge in [-0.25, -0.2) is 17.2 Å². The lowest BCUT2D eigenvalue weighted by molar-refractivity contribution is 0.0588. The third-order valence-corrected chi connectivity index (χ3v) is 6.07. The number of likely N-dealkylation sites (tertiary alicyclic amines) is 1. The molecule has 0 spiro atoms. The zero-order chi connectivity index (χ0) is 21.7. The predicted molar refractivity (Wildman–Crippen MR) is 106 cm³/mol. The molecular formula is C21H20F2N2O4S. The van der Waals surface area contributed by atoms with Gasteiger partial charge in [0.25, 0.3) is 5.91 Å². The molecule has 0 radical (unpaired) electrons. The number of hydrogen-bond acceptors (Lipinski definition) is 4. The number of carbonyl (C=O) groups is 1. The molecule has 3 rings (SSSR count). The molecule has 1 fully saturated rings. The van der Waals surface area contributed by atoms with E-state index in [0.29, 0.717) is 25.9 Å². The number of carbonyl (C=O) groups excluding carboxylic acids is 1. The molecule has 1 aliphatic heterocycles. The lowest BCUT2D eigenvalue weighted by atomic mass is 10.1. The second-order valence-corrected chi connectivity index (χ2v) is 8.51. The van der Waals surface area contributed by atoms with E-state index in [-0.39, 0.29) is 34.8 Å². The molecule has 1 saturated heterocycles. The maximum atomic E-state index is 13.7. The van der Waals surface area contributed by atoms with Crippen molar-refractivity contribution < 1.29 is 26.7 Å². The quantitative estimate of drug-likeness (QED) is 0.709. The molecule has 6 nitrogen and oxygen atoms in total. The van der Waals surface area contributed by atoms with E-state index in [1.165, 1.54) is 24.3 Å². The molecule has 30 heavy (non-hydrogen) atoms. The van der Waals surface area contributed by atoms with Gasteiger partial charge in [-0.05, 0) is 30.3 Å². The second kappa shape index (κ2) is 9.24. The first kappa shape index (κ1) is 21.7. The zero-order valence-corrected chi connectivity index (χ0v) is 16.8. The number of hydrogen-bond donors (Lipinski definition) is 1. The number of benzene rings is 2. The molecule has 0 aliphatic carbocycles. The van der Waals surface area contributed by atoms with Crippen molar-refractivity contribution >= 4 is 15.9 Å². The molecule has 0 unspecified atom stereocenters. The van der Waals surface area contributed by atoms with E-state index in [2.05, 4.69) is 10.6 Å². The van der Waals surface area contributed by atoms with Gasteiger partial charge in [-0.3, -0.25) is 4.79 Å². The fraction of sp³-hybridized carbons (Fsp3) is 0.286. The van der Waals surface area contributed by atoms with Crippen LogP contribution in [0.4, 0.5) is 8.78 Å². The Labute approximate surface area is 173 Å². The number of nitrogens with one attached hydrogen (secondary N) is 1. The Morgan fingerprint density at radius 3 is 2.60 bits per heavy atom. The minimum Gasteiger partial charge on any atom is -0.487 e. The van der Waals surface area contributed by atoms with Gasteiger partial charge in [0, 0.05) is 37.6 Å². The Hall–Kier alpha value is -2.96. The van der Waals surface area contributed by atoms with Gasteiger partial charge in [0.15, 0.2) is 11.6 Å². The van der Waals surface area contributed by atoms with Crippen LogP contribution in [0.2, 0.25) is 0 Å². The number of terminal acetylenes is 1. The molecular weight excluding hydrogens is 414 g/mol. The molecule has 1 amide bonds. The summed E-state index contributed by atoms with van der Waals surface area (Å²) in [5, 5.41) is 0. The number of nitrogens with zero attached hydrogens (tertiary/aromatic N) is 1. The molecule has 9 heteroatoms. The minimum absolute atomic E-state index is 0.0291. The van der Waals surface area contributed by atoms with Gasteiger partial charge in [0.2, 0.25) is 10.0 Å². The Balaban J connectivity index is 1.63. The van der Waals surface area contributed by atoms with E-state index < -0.39 is 21.7 Å². The first-order chi connectivity index (χ1) is 14.3. The third kappa shape index (κ3) is 5.14. The van der Waals surface area contributed by atoms with Crippen LogP contribution < -0.4 is 9.46 Å². The highest BCUT2D eigenvalue weighted by atomic mass is 32.2. The highest BCUT2D eigenvalue weighted by Gasteiger charge is 2.26. The number of sulfonamides is 1. The molecule has 158 valence electrons. The Morgan fingerprint density at radius 1 is 1.20 bits per heavy atom. The summed E-state index contributed by atoms with van der Waals surface area (Å²) in [5.74, 6) is 0.397. The van der Waals surface area contributed by atoms with E-state index in [1.54, 1.807) is 11.0 Å². The first-order valence-electron chi connectivity index (χ1n) is 9.24. The van der Waals surface area contributed by atoms with Crippen LogP contribution >= 0.6 is 0 Å². The van der Waals surface area contributed by atoms with Crippen molar-refractivity contribution in [3.63, 3.8) is 0 Å². The SMILES string of the molecule is C#CCNS(=O)(=O)c1cccc(C(=O)N2CCC(Oc3ccc(F)cc3F)CC2)c1. The Kier molecular flexibility index (Phi) is 6.70. The Morgan fingerprint density at radius 2 is 1.93 bits per heavy atom. The fourth-order valence-electron chi connectivity index (χ4n) is 3.13. The van der Waals surface area contributed by atoms with Crippen LogP contribution in [0.5, 0.6) is 5.75 Å². The van der Waals surface area contributed by atoms with Crippen LogP contribution in [0.15, 0.2) is 47.4 Å². The molecule has 1 aliphatic rings. The number of amides is 1. The molecule has 0 atom stereocenters. The van der Waals surface area contributed by atoms with Crippen LogP contribution in [0.3, 0.4) is 0 Å². The number of piperidine rings is 1. The van der Waals surface area contributed by atoms with E-state index in [4.69, 9.17) is 11.2 Å². The summed E-state index contributed by atoms with van der Waals surface area (Å²) in [4.78, 5) is 14.3. The van der Waals surface area contributed by atoms with Crippen molar-refractivity contribution in [2.24, 2.45) is 0 Å². The summed E-state index contributed by atoms with van der Waals surface area (Å²) < 4.78 is 59.0. The summed E-state index contributed by atoms with van der Waals surface area (Å²) in [7, 11) is -3.81. The summed E-state index contributed by atoms with van der Waals surface area (Å²) in [6.45, 7) is 0.569. The molecule has 0 saturated carbocycles. The lowest BCUT2D eigenvalue weighted by Gasteiger charge is -2.32.